The van der Waals surface area contributed by atoms with Crippen molar-refractivity contribution < 1.29 is 28.7 Å². The zero-order chi connectivity index (χ0) is 27.8. The molecule has 8 heteroatoms. The molecule has 3 atom stereocenters. The normalized spacial score (nSPS) is 20.0. The second-order valence-corrected chi connectivity index (χ2v) is 9.62. The minimum atomic E-state index is -1.00. The van der Waals surface area contributed by atoms with E-state index in [2.05, 4.69) is 0 Å². The number of amides is 2. The van der Waals surface area contributed by atoms with E-state index in [-0.39, 0.29) is 11.7 Å². The summed E-state index contributed by atoms with van der Waals surface area (Å²) in [7, 11) is 1.48. The lowest BCUT2D eigenvalue weighted by atomic mass is 9.90. The summed E-state index contributed by atoms with van der Waals surface area (Å²) in [4.78, 5) is 47.7. The number of hydrogen-bond acceptors (Lipinski definition) is 7. The third-order valence-electron chi connectivity index (χ3n) is 7.22. The van der Waals surface area contributed by atoms with Crippen molar-refractivity contribution in [2.24, 2.45) is 5.92 Å². The van der Waals surface area contributed by atoms with Crippen LogP contribution in [0.1, 0.15) is 27.5 Å². The van der Waals surface area contributed by atoms with Gasteiger partial charge in [-0.05, 0) is 60.5 Å². The summed E-state index contributed by atoms with van der Waals surface area (Å²) in [5.74, 6) is -1.54. The van der Waals surface area contributed by atoms with E-state index < -0.39 is 29.9 Å². The molecule has 2 saturated heterocycles. The Morgan fingerprint density at radius 3 is 2.17 bits per heavy atom. The molecular weight excluding hydrogens is 508 g/mol. The highest BCUT2D eigenvalue weighted by Crippen LogP contribution is 2.49. The third kappa shape index (κ3) is 4.28. The van der Waals surface area contributed by atoms with Gasteiger partial charge < -0.3 is 9.47 Å². The van der Waals surface area contributed by atoms with E-state index in [1.165, 1.54) is 12.0 Å². The molecule has 0 spiro atoms. The molecule has 0 radical (unpaired) electrons. The number of ether oxygens (including phenoxy) is 2. The van der Waals surface area contributed by atoms with Crippen molar-refractivity contribution in [2.75, 3.05) is 17.1 Å². The minimum Gasteiger partial charge on any atom is -0.493 e. The van der Waals surface area contributed by atoms with Crippen molar-refractivity contribution in [2.45, 2.75) is 19.1 Å². The Labute approximate surface area is 231 Å². The fraction of sp³-hybridized carbons (Fsp3) is 0.156. The van der Waals surface area contributed by atoms with Gasteiger partial charge in [-0.1, -0.05) is 60.7 Å². The molecule has 2 heterocycles. The number of fused-ring (bicyclic) bond motifs is 1. The summed E-state index contributed by atoms with van der Waals surface area (Å²) < 4.78 is 11.2. The Balaban J connectivity index is 1.39. The second kappa shape index (κ2) is 10.3. The maximum atomic E-state index is 13.9. The number of hydrogen-bond donors (Lipinski definition) is 0. The summed E-state index contributed by atoms with van der Waals surface area (Å²) in [5.41, 5.74) is 3.12. The molecule has 0 saturated carbocycles. The summed E-state index contributed by atoms with van der Waals surface area (Å²) >= 11 is 0. The highest BCUT2D eigenvalue weighted by atomic mass is 16.7. The number of anilines is 2. The van der Waals surface area contributed by atoms with Crippen molar-refractivity contribution in [3.8, 4) is 11.5 Å². The molecular formula is C32H26N2O6. The molecule has 2 aliphatic rings. The number of esters is 1. The van der Waals surface area contributed by atoms with Gasteiger partial charge in [0, 0.05) is 0 Å². The van der Waals surface area contributed by atoms with Crippen LogP contribution in [0.5, 0.6) is 11.5 Å². The molecule has 2 aliphatic heterocycles. The summed E-state index contributed by atoms with van der Waals surface area (Å²) in [6, 6.07) is 29.7. The molecule has 0 aliphatic carbocycles. The number of aryl methyl sites for hydroxylation is 1. The van der Waals surface area contributed by atoms with Gasteiger partial charge in [-0.15, -0.1) is 0 Å². The molecule has 0 unspecified atom stereocenters. The maximum absolute atomic E-state index is 13.9. The van der Waals surface area contributed by atoms with Crippen LogP contribution in [-0.4, -0.2) is 31.0 Å². The van der Waals surface area contributed by atoms with E-state index in [4.69, 9.17) is 14.3 Å². The van der Waals surface area contributed by atoms with E-state index >= 15 is 0 Å². The van der Waals surface area contributed by atoms with Crippen molar-refractivity contribution in [3.05, 3.63) is 120 Å². The number of imide groups is 1. The van der Waals surface area contributed by atoms with Crippen LogP contribution in [-0.2, 0) is 14.4 Å². The van der Waals surface area contributed by atoms with Gasteiger partial charge in [0.1, 0.15) is 5.92 Å². The first kappa shape index (κ1) is 25.3. The van der Waals surface area contributed by atoms with Gasteiger partial charge in [0.15, 0.2) is 17.6 Å². The lowest BCUT2D eigenvalue weighted by molar-refractivity contribution is -0.126. The molecule has 200 valence electrons. The monoisotopic (exact) mass is 534 g/mol. The smallest absolute Gasteiger partial charge is 0.343 e. The number of nitrogens with zero attached hydrogens (tertiary/aromatic N) is 2. The number of para-hydroxylation sites is 2. The molecule has 40 heavy (non-hydrogen) atoms. The van der Waals surface area contributed by atoms with Crippen LogP contribution < -0.4 is 19.4 Å². The maximum Gasteiger partial charge on any atom is 0.343 e. The molecule has 0 N–H and O–H groups in total. The van der Waals surface area contributed by atoms with Crippen molar-refractivity contribution in [1.82, 2.24) is 0 Å². The lowest BCUT2D eigenvalue weighted by Crippen LogP contribution is -2.37. The van der Waals surface area contributed by atoms with Crippen molar-refractivity contribution >= 4 is 29.2 Å². The largest absolute Gasteiger partial charge is 0.493 e. The van der Waals surface area contributed by atoms with Crippen LogP contribution >= 0.6 is 0 Å². The Kier molecular flexibility index (Phi) is 6.53. The first-order chi connectivity index (χ1) is 19.5. The Morgan fingerprint density at radius 1 is 0.800 bits per heavy atom. The molecule has 4 aromatic carbocycles. The second-order valence-electron chi connectivity index (χ2n) is 9.62. The van der Waals surface area contributed by atoms with E-state index in [9.17, 15) is 14.4 Å². The van der Waals surface area contributed by atoms with Gasteiger partial charge in [0.05, 0.1) is 30.1 Å². The molecule has 0 bridgehead atoms. The predicted octanol–water partition coefficient (Wildman–Crippen LogP) is 5.27. The van der Waals surface area contributed by atoms with Crippen LogP contribution in [0.15, 0.2) is 103 Å². The fourth-order valence-electron chi connectivity index (χ4n) is 5.29. The van der Waals surface area contributed by atoms with Crippen LogP contribution in [0.3, 0.4) is 0 Å². The van der Waals surface area contributed by atoms with E-state index in [1.807, 2.05) is 55.5 Å². The van der Waals surface area contributed by atoms with E-state index in [0.717, 1.165) is 5.56 Å². The van der Waals surface area contributed by atoms with Gasteiger partial charge in [0.25, 0.3) is 5.91 Å². The third-order valence-corrected chi connectivity index (χ3v) is 7.22. The highest BCUT2D eigenvalue weighted by molar-refractivity contribution is 6.24. The van der Waals surface area contributed by atoms with Gasteiger partial charge in [-0.25, -0.2) is 14.8 Å². The van der Waals surface area contributed by atoms with E-state index in [1.54, 1.807) is 59.7 Å². The molecule has 6 rings (SSSR count). The Bertz CT molecular complexity index is 1590. The van der Waals surface area contributed by atoms with Crippen molar-refractivity contribution in [3.63, 3.8) is 0 Å². The quantitative estimate of drug-likeness (QED) is 0.189. The van der Waals surface area contributed by atoms with Crippen LogP contribution in [0.25, 0.3) is 0 Å². The number of hydroxylamine groups is 1. The molecule has 0 aromatic heterocycles. The number of carbonyl (C=O) groups is 3. The number of carbonyl (C=O) groups excluding carboxylic acids is 3. The predicted molar refractivity (Wildman–Crippen MR) is 148 cm³/mol. The number of rotatable bonds is 6. The molecule has 2 fully saturated rings. The highest BCUT2D eigenvalue weighted by Gasteiger charge is 2.60. The standard InChI is InChI=1S/C32H26N2O6/c1-20-11-9-10-16-24(20)33-30(35)27-28(34(40-29(27)31(33)36)23-14-7-4-8-15-23)22-17-18-25(26(19-22)38-2)39-32(37)21-12-5-3-6-13-21/h3-19,27-29H,1-2H3/t27-,28-,29-/m0/s1. The Morgan fingerprint density at radius 2 is 1.48 bits per heavy atom. The summed E-state index contributed by atoms with van der Waals surface area (Å²) in [6.45, 7) is 1.86. The lowest BCUT2D eigenvalue weighted by Gasteiger charge is -2.29. The zero-order valence-corrected chi connectivity index (χ0v) is 21.9. The average Bonchev–Trinajstić information content (AvgIpc) is 3.50. The van der Waals surface area contributed by atoms with Gasteiger partial charge >= 0.3 is 5.97 Å². The van der Waals surface area contributed by atoms with Crippen molar-refractivity contribution in [1.29, 1.82) is 0 Å². The Hall–Kier alpha value is -4.95. The number of methoxy groups -OCH3 is 1. The average molecular weight is 535 g/mol. The van der Waals surface area contributed by atoms with Gasteiger partial charge in [0.2, 0.25) is 5.91 Å². The van der Waals surface area contributed by atoms with Gasteiger partial charge in [-0.3, -0.25) is 14.4 Å². The SMILES string of the molecule is COc1cc([C@H]2[C@@H]3C(=O)N(c4ccccc4C)C(=O)[C@H]3ON2c2ccccc2)ccc1OC(=O)c1ccccc1. The van der Waals surface area contributed by atoms with E-state index in [0.29, 0.717) is 28.3 Å². The first-order valence-corrected chi connectivity index (χ1v) is 12.9. The topological polar surface area (TPSA) is 85.4 Å². The zero-order valence-electron chi connectivity index (χ0n) is 21.9. The van der Waals surface area contributed by atoms with Gasteiger partial charge in [-0.2, -0.15) is 0 Å². The number of benzene rings is 4. The molecule has 8 nitrogen and oxygen atoms in total. The molecule has 4 aromatic rings. The fourth-order valence-corrected chi connectivity index (χ4v) is 5.29. The van der Waals surface area contributed by atoms with Crippen LogP contribution in [0, 0.1) is 12.8 Å². The summed E-state index contributed by atoms with van der Waals surface area (Å²) in [5, 5.41) is 1.62. The summed E-state index contributed by atoms with van der Waals surface area (Å²) in [6.07, 6.45) is -1.00. The first-order valence-electron chi connectivity index (χ1n) is 12.9. The van der Waals surface area contributed by atoms with Crippen LogP contribution in [0.2, 0.25) is 0 Å². The minimum absolute atomic E-state index is 0.234. The van der Waals surface area contributed by atoms with Crippen LogP contribution in [0.4, 0.5) is 11.4 Å². The molecule has 2 amide bonds.